The van der Waals surface area contributed by atoms with Gasteiger partial charge in [-0.1, -0.05) is 48.6 Å². The van der Waals surface area contributed by atoms with E-state index in [0.29, 0.717) is 31.4 Å². The number of rotatable bonds is 8. The molecule has 1 saturated heterocycles. The molecule has 3 aromatic carbocycles. The molecule has 0 radical (unpaired) electrons. The molecule has 5 rings (SSSR count). The van der Waals surface area contributed by atoms with E-state index in [2.05, 4.69) is 11.1 Å². The third-order valence-electron chi connectivity index (χ3n) is 6.79. The number of ether oxygens (including phenoxy) is 2. The molecular formula is C31H30FNO4. The molecule has 4 aromatic rings. The van der Waals surface area contributed by atoms with Gasteiger partial charge in [0, 0.05) is 34.4 Å². The summed E-state index contributed by atoms with van der Waals surface area (Å²) >= 11 is 0. The van der Waals surface area contributed by atoms with Crippen LogP contribution in [-0.4, -0.2) is 22.5 Å². The van der Waals surface area contributed by atoms with E-state index >= 15 is 0 Å². The second-order valence-corrected chi connectivity index (χ2v) is 9.45. The number of hydrogen-bond donors (Lipinski definition) is 2. The number of Topliss-reactive ketones (excluding diaryl/α,β-unsaturated/α-hetero) is 1. The van der Waals surface area contributed by atoms with Crippen LogP contribution >= 0.6 is 0 Å². The van der Waals surface area contributed by atoms with Gasteiger partial charge in [0.2, 0.25) is 0 Å². The molecule has 0 spiro atoms. The maximum Gasteiger partial charge on any atom is 0.187 e. The van der Waals surface area contributed by atoms with Gasteiger partial charge in [-0.2, -0.15) is 0 Å². The van der Waals surface area contributed by atoms with Crippen LogP contribution in [0.15, 0.2) is 84.9 Å². The Morgan fingerprint density at radius 3 is 2.59 bits per heavy atom. The number of halogens is 1. The molecule has 3 atom stereocenters. The van der Waals surface area contributed by atoms with E-state index in [0.717, 1.165) is 27.7 Å². The standard InChI is InChI=1S/C31H30FNO4/c1-20(34)9-3-2-4-10-22-19-36-31(37-30(22)25-12-6-8-14-27(25)35)28-24-11-5-7-13-26(24)33-29(28)21-15-17-23(32)18-16-21/h2,4-8,11-18,22,30-31,33,35H,3,9-10,19H2,1H3/b4-2-/t22-,30+,31+/m1/s1. The second kappa shape index (κ2) is 11.1. The van der Waals surface area contributed by atoms with Crippen LogP contribution in [-0.2, 0) is 14.3 Å². The highest BCUT2D eigenvalue weighted by Gasteiger charge is 2.36. The Hall–Kier alpha value is -3.74. The van der Waals surface area contributed by atoms with E-state index in [-0.39, 0.29) is 23.3 Å². The summed E-state index contributed by atoms with van der Waals surface area (Å²) in [5.74, 6) is 0.0130. The van der Waals surface area contributed by atoms with Crippen LogP contribution in [0.1, 0.15) is 49.7 Å². The van der Waals surface area contributed by atoms with Crippen molar-refractivity contribution >= 4 is 16.7 Å². The summed E-state index contributed by atoms with van der Waals surface area (Å²) in [7, 11) is 0. The average molecular weight is 500 g/mol. The van der Waals surface area contributed by atoms with Gasteiger partial charge in [0.25, 0.3) is 0 Å². The van der Waals surface area contributed by atoms with E-state index < -0.39 is 12.4 Å². The molecule has 1 aromatic heterocycles. The molecule has 2 heterocycles. The first-order valence-corrected chi connectivity index (χ1v) is 12.6. The van der Waals surface area contributed by atoms with Crippen molar-refractivity contribution in [1.82, 2.24) is 4.98 Å². The van der Waals surface area contributed by atoms with E-state index in [1.54, 1.807) is 31.2 Å². The molecule has 2 N–H and O–H groups in total. The fourth-order valence-corrected chi connectivity index (χ4v) is 4.91. The molecule has 0 aliphatic carbocycles. The molecule has 0 bridgehead atoms. The quantitative estimate of drug-likeness (QED) is 0.248. The summed E-state index contributed by atoms with van der Waals surface area (Å²) in [6.45, 7) is 2.01. The minimum absolute atomic E-state index is 0.0300. The van der Waals surface area contributed by atoms with Gasteiger partial charge in [0.15, 0.2) is 6.29 Å². The van der Waals surface area contributed by atoms with Crippen molar-refractivity contribution in [3.8, 4) is 17.0 Å². The number of carbonyl (C=O) groups excluding carboxylic acids is 1. The zero-order valence-corrected chi connectivity index (χ0v) is 20.7. The molecule has 6 heteroatoms. The predicted octanol–water partition coefficient (Wildman–Crippen LogP) is 7.40. The second-order valence-electron chi connectivity index (χ2n) is 9.45. The Labute approximate surface area is 215 Å². The molecule has 0 unspecified atom stereocenters. The Morgan fingerprint density at radius 1 is 1.05 bits per heavy atom. The summed E-state index contributed by atoms with van der Waals surface area (Å²) in [6, 6.07) is 21.5. The van der Waals surface area contributed by atoms with Crippen LogP contribution < -0.4 is 0 Å². The van der Waals surface area contributed by atoms with Crippen molar-refractivity contribution < 1.29 is 23.8 Å². The fourth-order valence-electron chi connectivity index (χ4n) is 4.91. The molecule has 1 fully saturated rings. The summed E-state index contributed by atoms with van der Waals surface area (Å²) < 4.78 is 26.6. The average Bonchev–Trinajstić information content (AvgIpc) is 3.29. The lowest BCUT2D eigenvalue weighted by atomic mass is 9.91. The Morgan fingerprint density at radius 2 is 1.81 bits per heavy atom. The SMILES string of the molecule is CC(=O)CC/C=C\C[C@@H]1CO[C@H](c2c(-c3ccc(F)cc3)[nH]c3ccccc23)O[C@@H]1c1ccccc1O. The number of phenolic OH excluding ortho intramolecular Hbond substituents is 1. The molecule has 1 aliphatic rings. The van der Waals surface area contributed by atoms with Crippen molar-refractivity contribution in [3.63, 3.8) is 0 Å². The van der Waals surface area contributed by atoms with Gasteiger partial charge in [0.1, 0.15) is 17.3 Å². The zero-order chi connectivity index (χ0) is 25.8. The Balaban J connectivity index is 1.49. The van der Waals surface area contributed by atoms with Gasteiger partial charge in [0.05, 0.1) is 18.4 Å². The number of benzene rings is 3. The third kappa shape index (κ3) is 5.50. The number of aromatic amines is 1. The van der Waals surface area contributed by atoms with Gasteiger partial charge in [-0.05, 0) is 61.7 Å². The van der Waals surface area contributed by atoms with Gasteiger partial charge < -0.3 is 24.4 Å². The number of carbonyl (C=O) groups is 1. The van der Waals surface area contributed by atoms with Crippen LogP contribution in [0.3, 0.4) is 0 Å². The van der Waals surface area contributed by atoms with Gasteiger partial charge >= 0.3 is 0 Å². The largest absolute Gasteiger partial charge is 0.508 e. The smallest absolute Gasteiger partial charge is 0.187 e. The number of phenols is 1. The van der Waals surface area contributed by atoms with Crippen LogP contribution in [0.4, 0.5) is 4.39 Å². The first-order chi connectivity index (χ1) is 18.0. The Kier molecular flexibility index (Phi) is 7.49. The van der Waals surface area contributed by atoms with Crippen molar-refractivity contribution in [2.24, 2.45) is 5.92 Å². The van der Waals surface area contributed by atoms with Crippen LogP contribution in [0.2, 0.25) is 0 Å². The van der Waals surface area contributed by atoms with Gasteiger partial charge in [-0.25, -0.2) is 4.39 Å². The molecule has 1 aliphatic heterocycles. The number of para-hydroxylation sites is 2. The number of H-pyrrole nitrogens is 1. The van der Waals surface area contributed by atoms with E-state index in [1.165, 1.54) is 12.1 Å². The molecule has 5 nitrogen and oxygen atoms in total. The number of nitrogens with one attached hydrogen (secondary N) is 1. The Bertz CT molecular complexity index is 1410. The molecule has 0 amide bonds. The number of allylic oxidation sites excluding steroid dienone is 2. The third-order valence-corrected chi connectivity index (χ3v) is 6.79. The zero-order valence-electron chi connectivity index (χ0n) is 20.7. The first-order valence-electron chi connectivity index (χ1n) is 12.6. The van der Waals surface area contributed by atoms with Gasteiger partial charge in [-0.15, -0.1) is 0 Å². The van der Waals surface area contributed by atoms with Crippen molar-refractivity contribution in [1.29, 1.82) is 0 Å². The van der Waals surface area contributed by atoms with E-state index in [1.807, 2.05) is 42.5 Å². The maximum atomic E-state index is 13.7. The molecule has 37 heavy (non-hydrogen) atoms. The predicted molar refractivity (Wildman–Crippen MR) is 141 cm³/mol. The highest BCUT2D eigenvalue weighted by molar-refractivity contribution is 5.91. The number of hydrogen-bond acceptors (Lipinski definition) is 4. The normalized spacial score (nSPS) is 20.0. The van der Waals surface area contributed by atoms with Gasteiger partial charge in [-0.3, -0.25) is 0 Å². The van der Waals surface area contributed by atoms with Crippen LogP contribution in [0.25, 0.3) is 22.2 Å². The number of aromatic nitrogens is 1. The summed E-state index contributed by atoms with van der Waals surface area (Å²) in [5.41, 5.74) is 4.12. The van der Waals surface area contributed by atoms with E-state index in [9.17, 15) is 14.3 Å². The summed E-state index contributed by atoms with van der Waals surface area (Å²) in [5, 5.41) is 11.6. The monoisotopic (exact) mass is 499 g/mol. The number of ketones is 1. The van der Waals surface area contributed by atoms with E-state index in [4.69, 9.17) is 9.47 Å². The molecule has 190 valence electrons. The fraction of sp³-hybridized carbons (Fsp3) is 0.258. The molecule has 0 saturated carbocycles. The number of fused-ring (bicyclic) bond motifs is 1. The highest BCUT2D eigenvalue weighted by atomic mass is 19.1. The minimum Gasteiger partial charge on any atom is -0.508 e. The van der Waals surface area contributed by atoms with Crippen LogP contribution in [0.5, 0.6) is 5.75 Å². The summed E-state index contributed by atoms with van der Waals surface area (Å²) in [6.07, 6.45) is 4.87. The van der Waals surface area contributed by atoms with Crippen LogP contribution in [0, 0.1) is 11.7 Å². The van der Waals surface area contributed by atoms with Crippen molar-refractivity contribution in [3.05, 3.63) is 102 Å². The topological polar surface area (TPSA) is 71.6 Å². The number of aromatic hydroxyl groups is 1. The minimum atomic E-state index is -0.696. The first kappa shape index (κ1) is 24.9. The van der Waals surface area contributed by atoms with Crippen molar-refractivity contribution in [2.75, 3.05) is 6.61 Å². The highest BCUT2D eigenvalue weighted by Crippen LogP contribution is 2.46. The maximum absolute atomic E-state index is 13.7. The molecular weight excluding hydrogens is 469 g/mol. The van der Waals surface area contributed by atoms with Crippen molar-refractivity contribution in [2.45, 2.75) is 38.6 Å². The lowest BCUT2D eigenvalue weighted by Gasteiger charge is -2.37. The summed E-state index contributed by atoms with van der Waals surface area (Å²) in [4.78, 5) is 14.7. The lowest BCUT2D eigenvalue weighted by Crippen LogP contribution is -2.30. The lowest BCUT2D eigenvalue weighted by molar-refractivity contribution is -0.243.